The lowest BCUT2D eigenvalue weighted by molar-refractivity contribution is -0.153. The Hall–Kier alpha value is -3.31. The lowest BCUT2D eigenvalue weighted by atomic mass is 10.0. The molecular formula is C24H27F4N3O4. The van der Waals surface area contributed by atoms with E-state index in [9.17, 15) is 27.5 Å². The van der Waals surface area contributed by atoms with Crippen molar-refractivity contribution in [1.82, 2.24) is 9.88 Å². The number of nitrogens with one attached hydrogen (secondary N) is 1. The summed E-state index contributed by atoms with van der Waals surface area (Å²) in [5, 5.41) is 13.3. The Labute approximate surface area is 199 Å². The Morgan fingerprint density at radius 2 is 1.94 bits per heavy atom. The predicted octanol–water partition coefficient (Wildman–Crippen LogP) is 3.41. The van der Waals surface area contributed by atoms with Gasteiger partial charge in [0, 0.05) is 36.8 Å². The number of ether oxygens (including phenoxy) is 2. The molecule has 0 saturated carbocycles. The molecule has 1 heterocycles. The van der Waals surface area contributed by atoms with E-state index in [2.05, 4.69) is 5.32 Å². The number of alkyl halides is 3. The van der Waals surface area contributed by atoms with Crippen molar-refractivity contribution in [3.8, 4) is 11.5 Å². The zero-order chi connectivity index (χ0) is 25.6. The lowest BCUT2D eigenvalue weighted by Crippen LogP contribution is -2.32. The summed E-state index contributed by atoms with van der Waals surface area (Å²) in [5.41, 5.74) is 7.49. The molecule has 0 saturated heterocycles. The van der Waals surface area contributed by atoms with Crippen LogP contribution in [0.5, 0.6) is 11.5 Å². The number of aromatic nitrogens is 1. The smallest absolute Gasteiger partial charge is 0.422 e. The lowest BCUT2D eigenvalue weighted by Gasteiger charge is -2.17. The number of primary amides is 1. The first-order valence-electron chi connectivity index (χ1n) is 10.9. The summed E-state index contributed by atoms with van der Waals surface area (Å²) in [6, 6.07) is 8.53. The molecule has 190 valence electrons. The van der Waals surface area contributed by atoms with Gasteiger partial charge in [0.25, 0.3) is 5.91 Å². The van der Waals surface area contributed by atoms with Crippen LogP contribution in [0, 0.1) is 5.82 Å². The SMILES string of the molecule is C[C@H](Cc1cc(C(N)=O)c2c(ccn2CCO)c1)NCCOc1cc(F)ccc1OCC(F)(F)F. The summed E-state index contributed by atoms with van der Waals surface area (Å²) in [5.74, 6) is -1.54. The van der Waals surface area contributed by atoms with E-state index in [4.69, 9.17) is 15.2 Å². The minimum Gasteiger partial charge on any atom is -0.488 e. The van der Waals surface area contributed by atoms with Crippen LogP contribution in [0.3, 0.4) is 0 Å². The molecule has 0 fully saturated rings. The third kappa shape index (κ3) is 7.33. The Balaban J connectivity index is 1.58. The molecule has 3 aromatic rings. The molecule has 7 nitrogen and oxygen atoms in total. The molecule has 0 unspecified atom stereocenters. The van der Waals surface area contributed by atoms with Crippen molar-refractivity contribution < 1.29 is 36.9 Å². The van der Waals surface area contributed by atoms with Crippen LogP contribution in [0.2, 0.25) is 0 Å². The zero-order valence-electron chi connectivity index (χ0n) is 19.1. The maximum Gasteiger partial charge on any atom is 0.422 e. The van der Waals surface area contributed by atoms with E-state index in [1.807, 2.05) is 19.1 Å². The van der Waals surface area contributed by atoms with Gasteiger partial charge in [-0.15, -0.1) is 0 Å². The second-order valence-corrected chi connectivity index (χ2v) is 8.08. The standard InChI is InChI=1S/C24H27F4N3O4/c1-15(10-16-11-17-4-6-31(7-8-32)22(17)19(12-16)23(29)33)30-5-9-34-21-13-18(25)2-3-20(21)35-14-24(26,27)28/h2-4,6,11-13,15,30,32H,5,7-10,14H2,1H3,(H2,29,33)/t15-/m1/s1. The highest BCUT2D eigenvalue weighted by atomic mass is 19.4. The Morgan fingerprint density at radius 1 is 1.17 bits per heavy atom. The second kappa shape index (κ2) is 11.4. The number of halogens is 4. The van der Waals surface area contributed by atoms with Gasteiger partial charge in [0.1, 0.15) is 12.4 Å². The molecule has 0 aliphatic carbocycles. The summed E-state index contributed by atoms with van der Waals surface area (Å²) >= 11 is 0. The summed E-state index contributed by atoms with van der Waals surface area (Å²) in [6.45, 7) is 1.07. The quantitative estimate of drug-likeness (QED) is 0.263. The van der Waals surface area contributed by atoms with Crippen LogP contribution < -0.4 is 20.5 Å². The van der Waals surface area contributed by atoms with Crippen molar-refractivity contribution in [2.24, 2.45) is 5.73 Å². The van der Waals surface area contributed by atoms with Crippen molar-refractivity contribution in [3.05, 3.63) is 59.5 Å². The number of aliphatic hydroxyl groups excluding tert-OH is 1. The number of hydrogen-bond acceptors (Lipinski definition) is 5. The average Bonchev–Trinajstić information content (AvgIpc) is 3.17. The maximum absolute atomic E-state index is 13.5. The fraction of sp³-hybridized carbons (Fsp3) is 0.375. The summed E-state index contributed by atoms with van der Waals surface area (Å²) in [4.78, 5) is 12.0. The first-order valence-corrected chi connectivity index (χ1v) is 10.9. The van der Waals surface area contributed by atoms with E-state index in [0.29, 0.717) is 30.6 Å². The monoisotopic (exact) mass is 497 g/mol. The molecule has 0 bridgehead atoms. The summed E-state index contributed by atoms with van der Waals surface area (Å²) in [6.07, 6.45) is -2.18. The minimum atomic E-state index is -4.53. The first-order chi connectivity index (χ1) is 16.6. The number of amides is 1. The van der Waals surface area contributed by atoms with Gasteiger partial charge < -0.3 is 30.2 Å². The van der Waals surface area contributed by atoms with Crippen LogP contribution in [0.1, 0.15) is 22.8 Å². The maximum atomic E-state index is 13.5. The van der Waals surface area contributed by atoms with Crippen molar-refractivity contribution >= 4 is 16.8 Å². The van der Waals surface area contributed by atoms with Crippen molar-refractivity contribution in [2.45, 2.75) is 32.1 Å². The molecule has 3 rings (SSSR count). The Kier molecular flexibility index (Phi) is 8.57. The predicted molar refractivity (Wildman–Crippen MR) is 122 cm³/mol. The topological polar surface area (TPSA) is 98.7 Å². The number of nitrogens with zero attached hydrogens (tertiary/aromatic N) is 1. The number of nitrogens with two attached hydrogens (primary N) is 1. The van der Waals surface area contributed by atoms with Gasteiger partial charge in [-0.1, -0.05) is 0 Å². The third-order valence-electron chi connectivity index (χ3n) is 5.22. The van der Waals surface area contributed by atoms with Gasteiger partial charge in [0.2, 0.25) is 0 Å². The number of fused-ring (bicyclic) bond motifs is 1. The molecule has 35 heavy (non-hydrogen) atoms. The number of rotatable bonds is 12. The van der Waals surface area contributed by atoms with Crippen LogP contribution >= 0.6 is 0 Å². The van der Waals surface area contributed by atoms with Crippen LogP contribution in [0.4, 0.5) is 17.6 Å². The van der Waals surface area contributed by atoms with Crippen molar-refractivity contribution in [3.63, 3.8) is 0 Å². The molecular weight excluding hydrogens is 470 g/mol. The molecule has 0 spiro atoms. The number of benzene rings is 2. The highest BCUT2D eigenvalue weighted by molar-refractivity contribution is 6.05. The minimum absolute atomic E-state index is 0.0511. The molecule has 1 atom stereocenters. The highest BCUT2D eigenvalue weighted by Gasteiger charge is 2.29. The van der Waals surface area contributed by atoms with Gasteiger partial charge in [-0.2, -0.15) is 13.2 Å². The molecule has 0 radical (unpaired) electrons. The molecule has 0 aliphatic rings. The first kappa shape index (κ1) is 26.3. The van der Waals surface area contributed by atoms with Gasteiger partial charge in [0.05, 0.1) is 17.7 Å². The number of carbonyl (C=O) groups is 1. The van der Waals surface area contributed by atoms with Crippen LogP contribution in [0.15, 0.2) is 42.6 Å². The fourth-order valence-electron chi connectivity index (χ4n) is 3.78. The van der Waals surface area contributed by atoms with Gasteiger partial charge in [-0.3, -0.25) is 4.79 Å². The number of carbonyl (C=O) groups excluding carboxylic acids is 1. The summed E-state index contributed by atoms with van der Waals surface area (Å²) < 4.78 is 62.7. The fourth-order valence-corrected chi connectivity index (χ4v) is 3.78. The van der Waals surface area contributed by atoms with Crippen molar-refractivity contribution in [1.29, 1.82) is 0 Å². The normalized spacial score (nSPS) is 12.6. The second-order valence-electron chi connectivity index (χ2n) is 8.08. The van der Waals surface area contributed by atoms with E-state index in [0.717, 1.165) is 29.1 Å². The summed E-state index contributed by atoms with van der Waals surface area (Å²) in [7, 11) is 0. The van der Waals surface area contributed by atoms with Crippen molar-refractivity contribution in [2.75, 3.05) is 26.4 Å². The van der Waals surface area contributed by atoms with Gasteiger partial charge >= 0.3 is 6.18 Å². The zero-order valence-corrected chi connectivity index (χ0v) is 19.1. The van der Waals surface area contributed by atoms with Crippen LogP contribution in [-0.2, 0) is 13.0 Å². The average molecular weight is 497 g/mol. The van der Waals surface area contributed by atoms with Gasteiger partial charge in [-0.05, 0) is 49.2 Å². The van der Waals surface area contributed by atoms with E-state index < -0.39 is 24.5 Å². The number of aliphatic hydroxyl groups is 1. The van der Waals surface area contributed by atoms with Crippen LogP contribution in [-0.4, -0.2) is 54.2 Å². The molecule has 1 aromatic heterocycles. The Morgan fingerprint density at radius 3 is 2.63 bits per heavy atom. The third-order valence-corrected chi connectivity index (χ3v) is 5.22. The largest absolute Gasteiger partial charge is 0.488 e. The van der Waals surface area contributed by atoms with Gasteiger partial charge in [-0.25, -0.2) is 4.39 Å². The highest BCUT2D eigenvalue weighted by Crippen LogP contribution is 2.29. The number of hydrogen-bond donors (Lipinski definition) is 3. The molecule has 1 amide bonds. The van der Waals surface area contributed by atoms with E-state index in [1.54, 1.807) is 16.8 Å². The van der Waals surface area contributed by atoms with E-state index in [-0.39, 0.29) is 30.8 Å². The molecule has 11 heteroatoms. The molecule has 4 N–H and O–H groups in total. The molecule has 2 aromatic carbocycles. The van der Waals surface area contributed by atoms with Gasteiger partial charge in [0.15, 0.2) is 18.1 Å². The van der Waals surface area contributed by atoms with E-state index in [1.165, 1.54) is 0 Å². The Bertz CT molecular complexity index is 1160. The van der Waals surface area contributed by atoms with Crippen LogP contribution in [0.25, 0.3) is 10.9 Å². The molecule has 0 aliphatic heterocycles. The van der Waals surface area contributed by atoms with E-state index >= 15 is 0 Å².